The molecular weight excluding hydrogens is 268 g/mol. The van der Waals surface area contributed by atoms with Gasteiger partial charge in [-0.2, -0.15) is 5.26 Å². The van der Waals surface area contributed by atoms with Crippen molar-refractivity contribution in [3.63, 3.8) is 0 Å². The van der Waals surface area contributed by atoms with Crippen molar-refractivity contribution in [1.29, 1.82) is 5.26 Å². The average Bonchev–Trinajstić information content (AvgIpc) is 2.37. The number of benzene rings is 1. The highest BCUT2D eigenvalue weighted by Crippen LogP contribution is 2.21. The average molecular weight is 290 g/mol. The first-order valence-electron chi connectivity index (χ1n) is 6.78. The first-order valence-corrected chi connectivity index (χ1v) is 6.78. The van der Waals surface area contributed by atoms with Crippen molar-refractivity contribution in [1.82, 2.24) is 5.32 Å². The Balaban J connectivity index is 2.69. The molecule has 1 rings (SSSR count). The van der Waals surface area contributed by atoms with Crippen LogP contribution in [0.4, 0.5) is 0 Å². The summed E-state index contributed by atoms with van der Waals surface area (Å²) in [4.78, 5) is 12.1. The highest BCUT2D eigenvalue weighted by Gasteiger charge is 2.37. The van der Waals surface area contributed by atoms with E-state index in [2.05, 4.69) is 5.32 Å². The van der Waals surface area contributed by atoms with E-state index in [1.807, 2.05) is 6.07 Å². The van der Waals surface area contributed by atoms with Crippen molar-refractivity contribution in [2.24, 2.45) is 0 Å². The number of hydrogen-bond donors (Lipinski definition) is 2. The monoisotopic (exact) mass is 290 g/mol. The number of nitrogens with one attached hydrogen (secondary N) is 1. The van der Waals surface area contributed by atoms with E-state index in [0.29, 0.717) is 11.3 Å². The van der Waals surface area contributed by atoms with Crippen molar-refractivity contribution in [2.75, 3.05) is 0 Å². The molecule has 1 unspecified atom stereocenters. The van der Waals surface area contributed by atoms with E-state index in [1.165, 1.54) is 0 Å². The number of nitriles is 1. The SMILES string of the molecule is CC(Oc1ccc(C#N)cc1)C(=O)NC(C)(C)C(C)(C)O. The van der Waals surface area contributed by atoms with Crippen LogP contribution in [0, 0.1) is 11.3 Å². The zero-order chi connectivity index (χ0) is 16.3. The van der Waals surface area contributed by atoms with Gasteiger partial charge in [0, 0.05) is 0 Å². The molecule has 0 aliphatic rings. The Morgan fingerprint density at radius 3 is 2.24 bits per heavy atom. The van der Waals surface area contributed by atoms with E-state index >= 15 is 0 Å². The largest absolute Gasteiger partial charge is 0.481 e. The van der Waals surface area contributed by atoms with Gasteiger partial charge in [0.05, 0.1) is 22.8 Å². The number of nitrogens with zero attached hydrogens (tertiary/aromatic N) is 1. The minimum atomic E-state index is -1.06. The highest BCUT2D eigenvalue weighted by molar-refractivity contribution is 5.81. The molecule has 1 aromatic carbocycles. The van der Waals surface area contributed by atoms with Gasteiger partial charge < -0.3 is 15.2 Å². The van der Waals surface area contributed by atoms with Gasteiger partial charge in [0.2, 0.25) is 0 Å². The van der Waals surface area contributed by atoms with Crippen LogP contribution < -0.4 is 10.1 Å². The van der Waals surface area contributed by atoms with Crippen LogP contribution in [-0.2, 0) is 4.79 Å². The quantitative estimate of drug-likeness (QED) is 0.869. The van der Waals surface area contributed by atoms with Crippen molar-refractivity contribution in [3.8, 4) is 11.8 Å². The van der Waals surface area contributed by atoms with Crippen LogP contribution in [0.15, 0.2) is 24.3 Å². The fraction of sp³-hybridized carbons (Fsp3) is 0.500. The van der Waals surface area contributed by atoms with Crippen molar-refractivity contribution in [3.05, 3.63) is 29.8 Å². The summed E-state index contributed by atoms with van der Waals surface area (Å²) in [6, 6.07) is 8.55. The van der Waals surface area contributed by atoms with Crippen LogP contribution in [-0.4, -0.2) is 28.3 Å². The van der Waals surface area contributed by atoms with E-state index in [1.54, 1.807) is 58.9 Å². The molecule has 0 aromatic heterocycles. The van der Waals surface area contributed by atoms with Gasteiger partial charge in [-0.3, -0.25) is 4.79 Å². The molecule has 0 bridgehead atoms. The molecule has 0 aliphatic carbocycles. The van der Waals surface area contributed by atoms with E-state index in [4.69, 9.17) is 10.00 Å². The number of aliphatic hydroxyl groups is 1. The van der Waals surface area contributed by atoms with Crippen molar-refractivity contribution < 1.29 is 14.6 Å². The maximum Gasteiger partial charge on any atom is 0.261 e. The summed E-state index contributed by atoms with van der Waals surface area (Å²) in [5, 5.41) is 21.5. The van der Waals surface area contributed by atoms with Gasteiger partial charge in [0.1, 0.15) is 5.75 Å². The van der Waals surface area contributed by atoms with E-state index in [-0.39, 0.29) is 5.91 Å². The molecule has 2 N–H and O–H groups in total. The molecule has 1 amide bonds. The summed E-state index contributed by atoms with van der Waals surface area (Å²) in [6.07, 6.45) is -0.709. The molecule has 1 atom stereocenters. The molecule has 5 heteroatoms. The standard InChI is InChI=1S/C16H22N2O3/c1-11(14(19)18-15(2,3)16(4,5)20)21-13-8-6-12(10-17)7-9-13/h6-9,11,20H,1-5H3,(H,18,19). The van der Waals surface area contributed by atoms with Crippen LogP contribution in [0.25, 0.3) is 0 Å². The molecule has 1 aromatic rings. The van der Waals surface area contributed by atoms with Crippen LogP contribution in [0.5, 0.6) is 5.75 Å². The Bertz CT molecular complexity index is 536. The van der Waals surface area contributed by atoms with Crippen molar-refractivity contribution in [2.45, 2.75) is 51.9 Å². The minimum absolute atomic E-state index is 0.313. The van der Waals surface area contributed by atoms with Crippen LogP contribution in [0.1, 0.15) is 40.2 Å². The molecule has 21 heavy (non-hydrogen) atoms. The lowest BCUT2D eigenvalue weighted by molar-refractivity contribution is -0.132. The smallest absolute Gasteiger partial charge is 0.261 e. The van der Waals surface area contributed by atoms with Gasteiger partial charge in [-0.1, -0.05) is 0 Å². The second kappa shape index (κ2) is 6.15. The van der Waals surface area contributed by atoms with Crippen LogP contribution >= 0.6 is 0 Å². The zero-order valence-electron chi connectivity index (χ0n) is 13.1. The second-order valence-corrected chi connectivity index (χ2v) is 6.07. The van der Waals surface area contributed by atoms with Crippen LogP contribution in [0.2, 0.25) is 0 Å². The van der Waals surface area contributed by atoms with Gasteiger partial charge in [-0.05, 0) is 58.9 Å². The predicted molar refractivity (Wildman–Crippen MR) is 79.8 cm³/mol. The third kappa shape index (κ3) is 4.47. The Kier molecular flexibility index (Phi) is 4.97. The van der Waals surface area contributed by atoms with Crippen LogP contribution in [0.3, 0.4) is 0 Å². The minimum Gasteiger partial charge on any atom is -0.481 e. The molecule has 0 radical (unpaired) electrons. The first kappa shape index (κ1) is 17.0. The lowest BCUT2D eigenvalue weighted by Crippen LogP contribution is -2.59. The summed E-state index contributed by atoms with van der Waals surface area (Å²) in [7, 11) is 0. The summed E-state index contributed by atoms with van der Waals surface area (Å²) in [5.74, 6) is 0.198. The Hall–Kier alpha value is -2.06. The molecule has 0 spiro atoms. The molecule has 114 valence electrons. The Morgan fingerprint density at radius 1 is 1.29 bits per heavy atom. The topological polar surface area (TPSA) is 82.3 Å². The molecule has 0 aliphatic heterocycles. The molecular formula is C16H22N2O3. The predicted octanol–water partition coefficient (Wildman–Crippen LogP) is 1.99. The maximum atomic E-state index is 12.1. The summed E-state index contributed by atoms with van der Waals surface area (Å²) >= 11 is 0. The van der Waals surface area contributed by atoms with E-state index < -0.39 is 17.2 Å². The number of carbonyl (C=O) groups excluding carboxylic acids is 1. The normalized spacial score (nSPS) is 13.2. The van der Waals surface area contributed by atoms with E-state index in [9.17, 15) is 9.90 Å². The van der Waals surface area contributed by atoms with Gasteiger partial charge in [0.25, 0.3) is 5.91 Å². The molecule has 5 nitrogen and oxygen atoms in total. The Morgan fingerprint density at radius 2 is 1.81 bits per heavy atom. The first-order chi connectivity index (χ1) is 9.56. The number of hydrogen-bond acceptors (Lipinski definition) is 4. The fourth-order valence-corrected chi connectivity index (χ4v) is 1.43. The van der Waals surface area contributed by atoms with Crippen molar-refractivity contribution >= 4 is 5.91 Å². The molecule has 0 saturated carbocycles. The lowest BCUT2D eigenvalue weighted by atomic mass is 9.86. The zero-order valence-corrected chi connectivity index (χ0v) is 13.1. The number of amides is 1. The molecule has 0 fully saturated rings. The second-order valence-electron chi connectivity index (χ2n) is 6.07. The highest BCUT2D eigenvalue weighted by atomic mass is 16.5. The number of rotatable bonds is 5. The number of carbonyl (C=O) groups is 1. The van der Waals surface area contributed by atoms with E-state index in [0.717, 1.165) is 0 Å². The maximum absolute atomic E-state index is 12.1. The summed E-state index contributed by atoms with van der Waals surface area (Å²) < 4.78 is 5.53. The number of ether oxygens (including phenoxy) is 1. The lowest BCUT2D eigenvalue weighted by Gasteiger charge is -2.38. The third-order valence-corrected chi connectivity index (χ3v) is 3.63. The van der Waals surface area contributed by atoms with Gasteiger partial charge >= 0.3 is 0 Å². The summed E-state index contributed by atoms with van der Waals surface area (Å²) in [6.45, 7) is 8.41. The van der Waals surface area contributed by atoms with Gasteiger partial charge in [0.15, 0.2) is 6.10 Å². The third-order valence-electron chi connectivity index (χ3n) is 3.63. The molecule has 0 saturated heterocycles. The Labute approximate surface area is 125 Å². The van der Waals surface area contributed by atoms with Gasteiger partial charge in [-0.15, -0.1) is 0 Å². The summed E-state index contributed by atoms with van der Waals surface area (Å²) in [5.41, 5.74) is -1.31. The fourth-order valence-electron chi connectivity index (χ4n) is 1.43. The van der Waals surface area contributed by atoms with Gasteiger partial charge in [-0.25, -0.2) is 0 Å². The molecule has 0 heterocycles.